The van der Waals surface area contributed by atoms with Crippen LogP contribution < -0.4 is 14.8 Å². The first-order chi connectivity index (χ1) is 12.7. The van der Waals surface area contributed by atoms with E-state index in [0.717, 1.165) is 11.3 Å². The van der Waals surface area contributed by atoms with Gasteiger partial charge in [0.2, 0.25) is 5.88 Å². The summed E-state index contributed by atoms with van der Waals surface area (Å²) in [7, 11) is 1.59. The van der Waals surface area contributed by atoms with Crippen LogP contribution in [0.5, 0.6) is 11.6 Å². The van der Waals surface area contributed by atoms with Gasteiger partial charge in [0.1, 0.15) is 24.8 Å². The number of fused-ring (bicyclic) bond motifs is 1. The third-order valence-corrected chi connectivity index (χ3v) is 3.85. The van der Waals surface area contributed by atoms with Crippen molar-refractivity contribution in [2.75, 3.05) is 33.5 Å². The molecular weight excluding hydrogens is 337 g/mol. The third-order valence-electron chi connectivity index (χ3n) is 3.85. The number of nitrogens with one attached hydrogen (secondary N) is 2. The predicted molar refractivity (Wildman–Crippen MR) is 97.3 cm³/mol. The number of hydrogen-bond acceptors (Lipinski definition) is 6. The molecule has 6 nitrogen and oxygen atoms in total. The van der Waals surface area contributed by atoms with Crippen molar-refractivity contribution >= 4 is 11.9 Å². The van der Waals surface area contributed by atoms with Gasteiger partial charge in [-0.15, -0.1) is 0 Å². The molecule has 2 N–H and O–H groups in total. The molecule has 0 fully saturated rings. The maximum atomic E-state index is 13.8. The Kier molecular flexibility index (Phi) is 5.80. The Balaban J connectivity index is 2.03. The van der Waals surface area contributed by atoms with E-state index in [4.69, 9.17) is 19.6 Å². The van der Waals surface area contributed by atoms with E-state index in [1.807, 2.05) is 6.07 Å². The van der Waals surface area contributed by atoms with Crippen LogP contribution in [0.4, 0.5) is 4.39 Å². The molecule has 0 saturated carbocycles. The Bertz CT molecular complexity index is 824. The fraction of sp³-hybridized carbons (Fsp3) is 0.263. The van der Waals surface area contributed by atoms with Crippen LogP contribution in [-0.4, -0.2) is 44.7 Å². The normalized spacial score (nSPS) is 14.8. The summed E-state index contributed by atoms with van der Waals surface area (Å²) < 4.78 is 30.2. The summed E-state index contributed by atoms with van der Waals surface area (Å²) in [5, 5.41) is 10.6. The number of aromatic nitrogens is 1. The smallest absolute Gasteiger partial charge is 0.222 e. The van der Waals surface area contributed by atoms with Crippen molar-refractivity contribution in [1.29, 1.82) is 5.41 Å². The number of hydrogen-bond donors (Lipinski definition) is 2. The van der Waals surface area contributed by atoms with Gasteiger partial charge in [0.15, 0.2) is 0 Å². The second kappa shape index (κ2) is 8.44. The quantitative estimate of drug-likeness (QED) is 0.614. The zero-order chi connectivity index (χ0) is 18.4. The first-order valence-corrected chi connectivity index (χ1v) is 8.22. The van der Waals surface area contributed by atoms with Gasteiger partial charge in [-0.25, -0.2) is 9.37 Å². The summed E-state index contributed by atoms with van der Waals surface area (Å²) in [5.41, 5.74) is 2.74. The molecule has 2 aromatic rings. The summed E-state index contributed by atoms with van der Waals surface area (Å²) in [6, 6.07) is 6.22. The van der Waals surface area contributed by atoms with Crippen molar-refractivity contribution in [3.05, 3.63) is 47.9 Å². The van der Waals surface area contributed by atoms with Crippen LogP contribution in [-0.2, 0) is 4.74 Å². The van der Waals surface area contributed by atoms with Crippen molar-refractivity contribution in [3.8, 4) is 22.8 Å². The van der Waals surface area contributed by atoms with Gasteiger partial charge in [0.05, 0.1) is 12.2 Å². The topological polar surface area (TPSA) is 76.5 Å². The lowest BCUT2D eigenvalue weighted by Crippen LogP contribution is -2.15. The van der Waals surface area contributed by atoms with Gasteiger partial charge in [0, 0.05) is 42.9 Å². The summed E-state index contributed by atoms with van der Waals surface area (Å²) in [5.74, 6) is 0.661. The third kappa shape index (κ3) is 4.00. The monoisotopic (exact) mass is 357 g/mol. The highest BCUT2D eigenvalue weighted by atomic mass is 19.1. The van der Waals surface area contributed by atoms with E-state index in [1.54, 1.807) is 25.4 Å². The molecule has 3 rings (SSSR count). The SMILES string of the molecule is COCCOc1ccc(F)cc1-c1cnc2c(c1)/C(=C/C=N)NCCO2. The van der Waals surface area contributed by atoms with Gasteiger partial charge >= 0.3 is 0 Å². The average molecular weight is 357 g/mol. The highest BCUT2D eigenvalue weighted by Crippen LogP contribution is 2.34. The van der Waals surface area contributed by atoms with Crippen LogP contribution in [0.25, 0.3) is 16.8 Å². The van der Waals surface area contributed by atoms with Crippen molar-refractivity contribution in [3.63, 3.8) is 0 Å². The molecule has 1 aliphatic heterocycles. The number of ether oxygens (including phenoxy) is 3. The maximum absolute atomic E-state index is 13.8. The molecule has 0 unspecified atom stereocenters. The maximum Gasteiger partial charge on any atom is 0.222 e. The van der Waals surface area contributed by atoms with Crippen LogP contribution in [0.2, 0.25) is 0 Å². The zero-order valence-corrected chi connectivity index (χ0v) is 14.4. The van der Waals surface area contributed by atoms with E-state index in [2.05, 4.69) is 10.3 Å². The van der Waals surface area contributed by atoms with E-state index >= 15 is 0 Å². The minimum atomic E-state index is -0.362. The lowest BCUT2D eigenvalue weighted by molar-refractivity contribution is 0.146. The highest BCUT2D eigenvalue weighted by Gasteiger charge is 2.17. The van der Waals surface area contributed by atoms with Crippen LogP contribution in [0.15, 0.2) is 36.5 Å². The number of pyridine rings is 1. The van der Waals surface area contributed by atoms with Crippen LogP contribution in [0.3, 0.4) is 0 Å². The van der Waals surface area contributed by atoms with Gasteiger partial charge in [-0.1, -0.05) is 0 Å². The average Bonchev–Trinajstić information content (AvgIpc) is 2.85. The van der Waals surface area contributed by atoms with Gasteiger partial charge < -0.3 is 24.9 Å². The summed E-state index contributed by atoms with van der Waals surface area (Å²) in [6.07, 6.45) is 4.47. The number of benzene rings is 1. The first kappa shape index (κ1) is 17.9. The van der Waals surface area contributed by atoms with E-state index in [1.165, 1.54) is 18.3 Å². The summed E-state index contributed by atoms with van der Waals surface area (Å²) in [4.78, 5) is 4.37. The van der Waals surface area contributed by atoms with E-state index in [0.29, 0.717) is 49.1 Å². The molecule has 1 aromatic heterocycles. The van der Waals surface area contributed by atoms with Crippen molar-refractivity contribution in [2.24, 2.45) is 0 Å². The first-order valence-electron chi connectivity index (χ1n) is 8.22. The molecular formula is C19H20FN3O3. The Labute approximate surface area is 151 Å². The van der Waals surface area contributed by atoms with Crippen LogP contribution >= 0.6 is 0 Å². The minimum Gasteiger partial charge on any atom is -0.491 e. The minimum absolute atomic E-state index is 0.358. The van der Waals surface area contributed by atoms with E-state index < -0.39 is 0 Å². The predicted octanol–water partition coefficient (Wildman–Crippen LogP) is 2.89. The zero-order valence-electron chi connectivity index (χ0n) is 14.4. The standard InChI is InChI=1S/C19H20FN3O3/c1-24-8-9-25-18-3-2-14(20)11-15(18)13-10-16-17(4-5-21)22-6-7-26-19(16)23-12-13/h2-5,10-12,21-22H,6-9H2,1H3/b17-4-,21-5?. The molecule has 0 radical (unpaired) electrons. The molecule has 0 amide bonds. The molecule has 136 valence electrons. The molecule has 26 heavy (non-hydrogen) atoms. The lowest BCUT2D eigenvalue weighted by atomic mass is 10.0. The van der Waals surface area contributed by atoms with Crippen molar-refractivity contribution < 1.29 is 18.6 Å². The summed E-state index contributed by atoms with van der Waals surface area (Å²) in [6.45, 7) is 1.87. The van der Waals surface area contributed by atoms with Crippen molar-refractivity contribution in [2.45, 2.75) is 0 Å². The molecule has 0 aliphatic carbocycles. The molecule has 0 atom stereocenters. The molecule has 0 saturated heterocycles. The highest BCUT2D eigenvalue weighted by molar-refractivity contribution is 5.85. The van der Waals surface area contributed by atoms with E-state index in [9.17, 15) is 4.39 Å². The molecule has 2 heterocycles. The van der Waals surface area contributed by atoms with Gasteiger partial charge in [-0.3, -0.25) is 0 Å². The second-order valence-corrected chi connectivity index (χ2v) is 5.58. The Morgan fingerprint density at radius 2 is 2.19 bits per heavy atom. The number of halogens is 1. The van der Waals surface area contributed by atoms with Crippen molar-refractivity contribution in [1.82, 2.24) is 10.3 Å². The largest absolute Gasteiger partial charge is 0.491 e. The number of allylic oxidation sites excluding steroid dienone is 1. The molecule has 1 aromatic carbocycles. The number of methoxy groups -OCH3 is 1. The second-order valence-electron chi connectivity index (χ2n) is 5.58. The van der Waals surface area contributed by atoms with Gasteiger partial charge in [-0.05, 0) is 30.3 Å². The molecule has 0 bridgehead atoms. The summed E-state index contributed by atoms with van der Waals surface area (Å²) >= 11 is 0. The number of rotatable bonds is 6. The Morgan fingerprint density at radius 3 is 3.00 bits per heavy atom. The molecule has 0 spiro atoms. The molecule has 1 aliphatic rings. The van der Waals surface area contributed by atoms with E-state index in [-0.39, 0.29) is 5.82 Å². The van der Waals surface area contributed by atoms with Crippen LogP contribution in [0.1, 0.15) is 5.56 Å². The Morgan fingerprint density at radius 1 is 1.31 bits per heavy atom. The van der Waals surface area contributed by atoms with Gasteiger partial charge in [0.25, 0.3) is 0 Å². The fourth-order valence-corrected chi connectivity index (χ4v) is 2.66. The van der Waals surface area contributed by atoms with Gasteiger partial charge in [-0.2, -0.15) is 0 Å². The number of nitrogens with zero attached hydrogens (tertiary/aromatic N) is 1. The molecule has 7 heteroatoms. The fourth-order valence-electron chi connectivity index (χ4n) is 2.66. The Hall–Kier alpha value is -2.93. The van der Waals surface area contributed by atoms with Crippen LogP contribution in [0, 0.1) is 11.2 Å². The lowest BCUT2D eigenvalue weighted by Gasteiger charge is -2.14.